The Morgan fingerprint density at radius 2 is 1.38 bits per heavy atom. The first-order valence-electron chi connectivity index (χ1n) is 7.76. The molecule has 24 heavy (non-hydrogen) atoms. The van der Waals surface area contributed by atoms with Gasteiger partial charge in [0.2, 0.25) is 5.75 Å². The highest BCUT2D eigenvalue weighted by atomic mass is 16.3. The molecule has 0 aromatic heterocycles. The zero-order valence-corrected chi connectivity index (χ0v) is 13.0. The Morgan fingerprint density at radius 3 is 2.04 bits per heavy atom. The van der Waals surface area contributed by atoms with Crippen LogP contribution in [0.4, 0.5) is 0 Å². The molecule has 0 heterocycles. The Labute approximate surface area is 137 Å². The van der Waals surface area contributed by atoms with Gasteiger partial charge >= 0.3 is 0 Å². The average molecular weight is 320 g/mol. The molecule has 4 aromatic carbocycles. The minimum Gasteiger partial charge on any atom is -0.507 e. The lowest BCUT2D eigenvalue weighted by molar-refractivity contribution is 0.368. The van der Waals surface area contributed by atoms with Crippen LogP contribution < -0.4 is 0 Å². The van der Waals surface area contributed by atoms with Crippen LogP contribution in [0.2, 0.25) is 0 Å². The summed E-state index contributed by atoms with van der Waals surface area (Å²) in [6.45, 7) is 1.85. The molecule has 0 aliphatic carbocycles. The molecule has 0 bridgehead atoms. The van der Waals surface area contributed by atoms with Crippen molar-refractivity contribution in [2.45, 2.75) is 13.3 Å². The fourth-order valence-corrected chi connectivity index (χ4v) is 3.47. The summed E-state index contributed by atoms with van der Waals surface area (Å²) in [5, 5.41) is 45.3. The first-order valence-corrected chi connectivity index (χ1v) is 7.76. The number of rotatable bonds is 1. The van der Waals surface area contributed by atoms with Crippen LogP contribution in [0.25, 0.3) is 32.3 Å². The van der Waals surface area contributed by atoms with Crippen molar-refractivity contribution >= 4 is 32.3 Å². The molecular weight excluding hydrogens is 304 g/mol. The van der Waals surface area contributed by atoms with E-state index in [-0.39, 0.29) is 16.9 Å². The van der Waals surface area contributed by atoms with E-state index in [4.69, 9.17) is 0 Å². The number of fused-ring (bicyclic) bond motifs is 4. The maximum absolute atomic E-state index is 10.4. The monoisotopic (exact) mass is 320 g/mol. The molecule has 0 radical (unpaired) electrons. The van der Waals surface area contributed by atoms with Crippen LogP contribution in [0.5, 0.6) is 23.0 Å². The second-order valence-electron chi connectivity index (χ2n) is 5.94. The van der Waals surface area contributed by atoms with Crippen molar-refractivity contribution in [3.63, 3.8) is 0 Å². The average Bonchev–Trinajstić information content (AvgIpc) is 2.58. The summed E-state index contributed by atoms with van der Waals surface area (Å²) in [4.78, 5) is 0. The number of phenols is 4. The van der Waals surface area contributed by atoms with Gasteiger partial charge < -0.3 is 20.4 Å². The largest absolute Gasteiger partial charge is 0.507 e. The van der Waals surface area contributed by atoms with Gasteiger partial charge in [-0.1, -0.05) is 31.2 Å². The number of hydrogen-bond acceptors (Lipinski definition) is 4. The normalized spacial score (nSPS) is 11.5. The number of aromatic hydroxyl groups is 4. The van der Waals surface area contributed by atoms with Crippen LogP contribution in [0.3, 0.4) is 0 Å². The minimum absolute atomic E-state index is 0.129. The van der Waals surface area contributed by atoms with E-state index in [9.17, 15) is 20.4 Å². The highest BCUT2D eigenvalue weighted by Gasteiger charge is 2.22. The molecule has 4 heteroatoms. The Hall–Kier alpha value is -3.14. The van der Waals surface area contributed by atoms with E-state index in [1.807, 2.05) is 43.3 Å². The molecular formula is C20H16O4. The van der Waals surface area contributed by atoms with Crippen LogP contribution in [-0.4, -0.2) is 20.4 Å². The molecule has 0 saturated heterocycles. The van der Waals surface area contributed by atoms with E-state index < -0.39 is 11.5 Å². The first kappa shape index (κ1) is 14.5. The van der Waals surface area contributed by atoms with Gasteiger partial charge in [-0.25, -0.2) is 0 Å². The third-order valence-corrected chi connectivity index (χ3v) is 4.61. The molecule has 0 fully saturated rings. The Morgan fingerprint density at radius 1 is 0.708 bits per heavy atom. The summed E-state index contributed by atoms with van der Waals surface area (Å²) < 4.78 is 0. The lowest BCUT2D eigenvalue weighted by Crippen LogP contribution is -1.90. The van der Waals surface area contributed by atoms with Gasteiger partial charge in [0.15, 0.2) is 11.5 Å². The zero-order chi connectivity index (χ0) is 17.0. The van der Waals surface area contributed by atoms with Crippen LogP contribution in [0.1, 0.15) is 12.5 Å². The third kappa shape index (κ3) is 1.80. The quantitative estimate of drug-likeness (QED) is 0.236. The molecule has 4 nitrogen and oxygen atoms in total. The second kappa shape index (κ2) is 4.93. The van der Waals surface area contributed by atoms with Crippen molar-refractivity contribution in [3.8, 4) is 23.0 Å². The molecule has 0 aliphatic heterocycles. The van der Waals surface area contributed by atoms with E-state index in [0.717, 1.165) is 21.5 Å². The smallest absolute Gasteiger partial charge is 0.201 e. The fourth-order valence-electron chi connectivity index (χ4n) is 3.47. The van der Waals surface area contributed by atoms with Crippen LogP contribution in [0, 0.1) is 0 Å². The number of benzene rings is 4. The van der Waals surface area contributed by atoms with Crippen molar-refractivity contribution in [2.75, 3.05) is 0 Å². The maximum atomic E-state index is 10.4. The van der Waals surface area contributed by atoms with Crippen LogP contribution in [-0.2, 0) is 6.42 Å². The standard InChI is InChI=1S/C20H16O4/c1-2-13-16-14-8-11-6-4-3-5-10(11)7-12(14)9-15(21)17(16)19(23)20(24)18(13)22/h3-9,21-24H,2H2,1H3. The van der Waals surface area contributed by atoms with E-state index in [0.29, 0.717) is 17.4 Å². The van der Waals surface area contributed by atoms with E-state index >= 15 is 0 Å². The van der Waals surface area contributed by atoms with Crippen LogP contribution >= 0.6 is 0 Å². The molecule has 120 valence electrons. The molecule has 0 unspecified atom stereocenters. The predicted octanol–water partition coefficient (Wildman–Crippen LogP) is 4.53. The molecule has 0 saturated carbocycles. The van der Waals surface area contributed by atoms with Gasteiger partial charge in [-0.2, -0.15) is 0 Å². The highest BCUT2D eigenvalue weighted by Crippen LogP contribution is 2.50. The van der Waals surface area contributed by atoms with Crippen molar-refractivity contribution in [1.82, 2.24) is 0 Å². The molecule has 4 N–H and O–H groups in total. The van der Waals surface area contributed by atoms with Crippen molar-refractivity contribution in [3.05, 3.63) is 48.0 Å². The van der Waals surface area contributed by atoms with Crippen molar-refractivity contribution < 1.29 is 20.4 Å². The highest BCUT2D eigenvalue weighted by molar-refractivity contribution is 6.18. The lowest BCUT2D eigenvalue weighted by atomic mass is 9.92. The summed E-state index contributed by atoms with van der Waals surface area (Å²) in [6.07, 6.45) is 0.446. The van der Waals surface area contributed by atoms with Gasteiger partial charge in [0, 0.05) is 10.9 Å². The van der Waals surface area contributed by atoms with Gasteiger partial charge in [-0.3, -0.25) is 0 Å². The maximum Gasteiger partial charge on any atom is 0.201 e. The summed E-state index contributed by atoms with van der Waals surface area (Å²) in [7, 11) is 0. The van der Waals surface area contributed by atoms with E-state index in [1.54, 1.807) is 6.07 Å². The second-order valence-corrected chi connectivity index (χ2v) is 5.94. The summed E-state index contributed by atoms with van der Waals surface area (Å²) in [5.41, 5.74) is 0.497. The van der Waals surface area contributed by atoms with Crippen LogP contribution in [0.15, 0.2) is 42.5 Å². The number of phenolic OH excluding ortho intramolecular Hbond substituents is 4. The van der Waals surface area contributed by atoms with Gasteiger partial charge in [0.1, 0.15) is 5.75 Å². The molecule has 0 aliphatic rings. The summed E-state index contributed by atoms with van der Waals surface area (Å²) in [5.74, 6) is -1.58. The molecule has 4 rings (SSSR count). The minimum atomic E-state index is -0.602. The summed E-state index contributed by atoms with van der Waals surface area (Å²) >= 11 is 0. The third-order valence-electron chi connectivity index (χ3n) is 4.61. The zero-order valence-electron chi connectivity index (χ0n) is 13.0. The van der Waals surface area contributed by atoms with Gasteiger partial charge in [0.05, 0.1) is 5.39 Å². The predicted molar refractivity (Wildman–Crippen MR) is 95.0 cm³/mol. The number of aryl methyl sites for hydroxylation is 1. The van der Waals surface area contributed by atoms with Crippen molar-refractivity contribution in [2.24, 2.45) is 0 Å². The Balaban J connectivity index is 2.34. The summed E-state index contributed by atoms with van der Waals surface area (Å²) in [6, 6.07) is 13.4. The first-order chi connectivity index (χ1) is 11.5. The number of hydrogen-bond donors (Lipinski definition) is 4. The van der Waals surface area contributed by atoms with Crippen molar-refractivity contribution in [1.29, 1.82) is 0 Å². The SMILES string of the molecule is CCc1c(O)c(O)c(O)c2c(O)cc3cc4ccccc4cc3c12. The topological polar surface area (TPSA) is 80.9 Å². The Kier molecular flexibility index (Phi) is 2.97. The van der Waals surface area contributed by atoms with Gasteiger partial charge in [-0.15, -0.1) is 0 Å². The molecule has 0 amide bonds. The Bertz CT molecular complexity index is 1130. The molecule has 0 spiro atoms. The van der Waals surface area contributed by atoms with E-state index in [1.165, 1.54) is 0 Å². The van der Waals surface area contributed by atoms with E-state index in [2.05, 4.69) is 0 Å². The van der Waals surface area contributed by atoms with Gasteiger partial charge in [-0.05, 0) is 46.2 Å². The lowest BCUT2D eigenvalue weighted by Gasteiger charge is -2.16. The van der Waals surface area contributed by atoms with Gasteiger partial charge in [0.25, 0.3) is 0 Å². The molecule has 0 atom stereocenters. The fraction of sp³-hybridized carbons (Fsp3) is 0.100. The molecule has 4 aromatic rings.